The highest BCUT2D eigenvalue weighted by atomic mass is 16.3. The fourth-order valence-corrected chi connectivity index (χ4v) is 1.87. The molecular formula is C9H17NO3. The number of piperidine rings is 1. The number of aliphatic hydroxyl groups is 2. The van der Waals surface area contributed by atoms with Gasteiger partial charge in [0.1, 0.15) is 6.61 Å². The molecule has 1 unspecified atom stereocenters. The molecular weight excluding hydrogens is 170 g/mol. The van der Waals surface area contributed by atoms with Crippen molar-refractivity contribution >= 4 is 5.91 Å². The van der Waals surface area contributed by atoms with Crippen LogP contribution in [0.1, 0.15) is 25.7 Å². The number of carbonyl (C=O) groups excluding carboxylic acids is 1. The molecule has 1 aliphatic rings. The summed E-state index contributed by atoms with van der Waals surface area (Å²) in [6.07, 6.45) is 3.70. The molecule has 0 aliphatic carbocycles. The summed E-state index contributed by atoms with van der Waals surface area (Å²) in [7, 11) is 0. The molecule has 0 saturated carbocycles. The summed E-state index contributed by atoms with van der Waals surface area (Å²) in [5.41, 5.74) is 0. The van der Waals surface area contributed by atoms with Gasteiger partial charge in [-0.1, -0.05) is 0 Å². The van der Waals surface area contributed by atoms with E-state index in [4.69, 9.17) is 10.2 Å². The van der Waals surface area contributed by atoms with Crippen molar-refractivity contribution in [3.8, 4) is 0 Å². The maximum absolute atomic E-state index is 11.2. The normalized spacial score (nSPS) is 23.2. The van der Waals surface area contributed by atoms with Crippen LogP contribution in [0.4, 0.5) is 0 Å². The first-order valence-corrected chi connectivity index (χ1v) is 4.80. The highest BCUT2D eigenvalue weighted by Crippen LogP contribution is 2.19. The highest BCUT2D eigenvalue weighted by Gasteiger charge is 2.25. The largest absolute Gasteiger partial charge is 0.396 e. The van der Waals surface area contributed by atoms with Crippen LogP contribution in [0.25, 0.3) is 0 Å². The van der Waals surface area contributed by atoms with Gasteiger partial charge in [-0.15, -0.1) is 0 Å². The van der Waals surface area contributed by atoms with E-state index in [-0.39, 0.29) is 18.6 Å². The van der Waals surface area contributed by atoms with Crippen LogP contribution in [0.2, 0.25) is 0 Å². The van der Waals surface area contributed by atoms with Gasteiger partial charge < -0.3 is 15.1 Å². The molecule has 0 aromatic carbocycles. The number of carbonyl (C=O) groups is 1. The lowest BCUT2D eigenvalue weighted by Crippen LogP contribution is -2.45. The van der Waals surface area contributed by atoms with Crippen LogP contribution in [0.5, 0.6) is 0 Å². The van der Waals surface area contributed by atoms with Gasteiger partial charge in [0.05, 0.1) is 0 Å². The fourth-order valence-electron chi connectivity index (χ4n) is 1.87. The molecule has 2 N–H and O–H groups in total. The molecule has 4 heteroatoms. The zero-order valence-electron chi connectivity index (χ0n) is 7.78. The Morgan fingerprint density at radius 2 is 2.15 bits per heavy atom. The van der Waals surface area contributed by atoms with Gasteiger partial charge in [-0.05, 0) is 25.7 Å². The summed E-state index contributed by atoms with van der Waals surface area (Å²) in [6.45, 7) is 0.422. The molecule has 76 valence electrons. The topological polar surface area (TPSA) is 60.8 Å². The number of hydrogen-bond donors (Lipinski definition) is 2. The number of aliphatic hydroxyl groups excluding tert-OH is 2. The Hall–Kier alpha value is -0.610. The van der Waals surface area contributed by atoms with Crippen LogP contribution in [-0.4, -0.2) is 46.8 Å². The smallest absolute Gasteiger partial charge is 0.248 e. The van der Waals surface area contributed by atoms with Gasteiger partial charge in [0.25, 0.3) is 0 Å². The predicted molar refractivity (Wildman–Crippen MR) is 48.1 cm³/mol. The first-order valence-electron chi connectivity index (χ1n) is 4.80. The van der Waals surface area contributed by atoms with Crippen LogP contribution in [-0.2, 0) is 4.79 Å². The first-order chi connectivity index (χ1) is 6.29. The van der Waals surface area contributed by atoms with E-state index in [2.05, 4.69) is 0 Å². The molecule has 13 heavy (non-hydrogen) atoms. The van der Waals surface area contributed by atoms with Gasteiger partial charge in [-0.3, -0.25) is 4.79 Å². The van der Waals surface area contributed by atoms with Crippen molar-refractivity contribution in [3.05, 3.63) is 0 Å². The van der Waals surface area contributed by atoms with E-state index in [1.54, 1.807) is 4.90 Å². The Balaban J connectivity index is 2.50. The quantitative estimate of drug-likeness (QED) is 0.640. The van der Waals surface area contributed by atoms with E-state index < -0.39 is 6.61 Å². The lowest BCUT2D eigenvalue weighted by molar-refractivity contribution is -0.138. The molecule has 1 fully saturated rings. The summed E-state index contributed by atoms with van der Waals surface area (Å²) in [4.78, 5) is 12.9. The Bertz CT molecular complexity index is 170. The third kappa shape index (κ3) is 2.67. The number of rotatable bonds is 3. The van der Waals surface area contributed by atoms with E-state index in [9.17, 15) is 4.79 Å². The Labute approximate surface area is 78.2 Å². The second-order valence-corrected chi connectivity index (χ2v) is 3.41. The minimum absolute atomic E-state index is 0.111. The van der Waals surface area contributed by atoms with Gasteiger partial charge in [0.2, 0.25) is 5.91 Å². The van der Waals surface area contributed by atoms with E-state index in [1.165, 1.54) is 0 Å². The average molecular weight is 187 g/mol. The lowest BCUT2D eigenvalue weighted by Gasteiger charge is -2.35. The van der Waals surface area contributed by atoms with Crippen LogP contribution < -0.4 is 0 Å². The molecule has 4 nitrogen and oxygen atoms in total. The number of likely N-dealkylation sites (tertiary alicyclic amines) is 1. The summed E-state index contributed by atoms with van der Waals surface area (Å²) < 4.78 is 0. The molecule has 1 saturated heterocycles. The number of hydrogen-bond acceptors (Lipinski definition) is 3. The third-order valence-corrected chi connectivity index (χ3v) is 2.55. The maximum atomic E-state index is 11.2. The van der Waals surface area contributed by atoms with Crippen molar-refractivity contribution in [3.63, 3.8) is 0 Å². The van der Waals surface area contributed by atoms with Gasteiger partial charge in [0, 0.05) is 19.2 Å². The summed E-state index contributed by atoms with van der Waals surface area (Å²) in [5.74, 6) is -0.210. The zero-order valence-corrected chi connectivity index (χ0v) is 7.78. The van der Waals surface area contributed by atoms with E-state index in [1.807, 2.05) is 0 Å². The molecule has 1 atom stereocenters. The molecule has 0 radical (unpaired) electrons. The fraction of sp³-hybridized carbons (Fsp3) is 0.889. The average Bonchev–Trinajstić information content (AvgIpc) is 2.18. The van der Waals surface area contributed by atoms with Crippen molar-refractivity contribution in [2.24, 2.45) is 0 Å². The van der Waals surface area contributed by atoms with Gasteiger partial charge in [-0.25, -0.2) is 0 Å². The Morgan fingerprint density at radius 3 is 2.77 bits per heavy atom. The van der Waals surface area contributed by atoms with Crippen molar-refractivity contribution in [1.29, 1.82) is 0 Å². The summed E-state index contributed by atoms with van der Waals surface area (Å²) >= 11 is 0. The Kier molecular flexibility index (Phi) is 4.18. The number of amides is 1. The SMILES string of the molecule is O=C(CO)N1CCCCC1CCO. The van der Waals surface area contributed by atoms with Gasteiger partial charge >= 0.3 is 0 Å². The van der Waals surface area contributed by atoms with Gasteiger partial charge in [0.15, 0.2) is 0 Å². The molecule has 1 rings (SSSR count). The predicted octanol–water partition coefficient (Wildman–Crippen LogP) is -0.258. The van der Waals surface area contributed by atoms with E-state index in [0.717, 1.165) is 25.8 Å². The van der Waals surface area contributed by atoms with Crippen molar-refractivity contribution in [1.82, 2.24) is 4.90 Å². The van der Waals surface area contributed by atoms with Crippen molar-refractivity contribution < 1.29 is 15.0 Å². The van der Waals surface area contributed by atoms with Crippen molar-refractivity contribution in [2.45, 2.75) is 31.7 Å². The molecule has 0 aromatic rings. The monoisotopic (exact) mass is 187 g/mol. The minimum Gasteiger partial charge on any atom is -0.396 e. The van der Waals surface area contributed by atoms with E-state index >= 15 is 0 Å². The standard InChI is InChI=1S/C9H17NO3/c11-6-4-8-3-1-2-5-10(8)9(13)7-12/h8,11-12H,1-7H2. The Morgan fingerprint density at radius 1 is 1.38 bits per heavy atom. The second kappa shape index (κ2) is 5.19. The molecule has 1 aliphatic heterocycles. The third-order valence-electron chi connectivity index (χ3n) is 2.55. The second-order valence-electron chi connectivity index (χ2n) is 3.41. The molecule has 0 bridgehead atoms. The first kappa shape index (κ1) is 10.5. The van der Waals surface area contributed by atoms with Crippen LogP contribution in [0.3, 0.4) is 0 Å². The maximum Gasteiger partial charge on any atom is 0.248 e. The van der Waals surface area contributed by atoms with E-state index in [0.29, 0.717) is 6.42 Å². The van der Waals surface area contributed by atoms with Crippen molar-refractivity contribution in [2.75, 3.05) is 19.8 Å². The molecule has 0 spiro atoms. The summed E-state index contributed by atoms with van der Waals surface area (Å²) in [6, 6.07) is 0.137. The minimum atomic E-state index is -0.415. The van der Waals surface area contributed by atoms with Crippen LogP contribution >= 0.6 is 0 Å². The number of nitrogens with zero attached hydrogens (tertiary/aromatic N) is 1. The van der Waals surface area contributed by atoms with Gasteiger partial charge in [-0.2, -0.15) is 0 Å². The molecule has 1 heterocycles. The molecule has 0 aromatic heterocycles. The van der Waals surface area contributed by atoms with Crippen LogP contribution in [0, 0.1) is 0 Å². The lowest BCUT2D eigenvalue weighted by atomic mass is 9.99. The molecule has 1 amide bonds. The zero-order chi connectivity index (χ0) is 9.68. The highest BCUT2D eigenvalue weighted by molar-refractivity contribution is 5.77. The van der Waals surface area contributed by atoms with Crippen LogP contribution in [0.15, 0.2) is 0 Å². The summed E-state index contributed by atoms with van der Waals surface area (Å²) in [5, 5.41) is 17.5.